The summed E-state index contributed by atoms with van der Waals surface area (Å²) in [6.45, 7) is 0. The van der Waals surface area contributed by atoms with E-state index in [1.54, 1.807) is 0 Å². The minimum absolute atomic E-state index is 0.146. The molecule has 0 aromatic heterocycles. The Morgan fingerprint density at radius 2 is 1.88 bits per heavy atom. The third-order valence-electron chi connectivity index (χ3n) is 4.06. The molecule has 0 spiro atoms. The number of carboxylic acid groups (broad SMARTS) is 1. The van der Waals surface area contributed by atoms with Crippen LogP contribution in [-0.2, 0) is 4.79 Å². The molecular formula is C15H18N2O7. The molecule has 2 N–H and O–H groups in total. The number of nitro benzene ring substituents is 1. The molecule has 1 saturated carbocycles. The van der Waals surface area contributed by atoms with Gasteiger partial charge in [-0.25, -0.2) is 0 Å². The third kappa shape index (κ3) is 3.55. The number of nitro groups is 1. The zero-order valence-corrected chi connectivity index (χ0v) is 13.3. The Hall–Kier alpha value is -2.84. The average Bonchev–Trinajstić information content (AvgIpc) is 3.02. The molecule has 1 aromatic rings. The maximum Gasteiger partial charge on any atom is 0.306 e. The van der Waals surface area contributed by atoms with Crippen LogP contribution in [0.5, 0.6) is 11.5 Å². The first-order chi connectivity index (χ1) is 11.4. The minimum Gasteiger partial charge on any atom is -0.493 e. The van der Waals surface area contributed by atoms with Gasteiger partial charge in [-0.15, -0.1) is 0 Å². The molecule has 0 aliphatic heterocycles. The van der Waals surface area contributed by atoms with Crippen LogP contribution in [0.4, 0.5) is 5.69 Å². The van der Waals surface area contributed by atoms with Crippen LogP contribution in [-0.4, -0.2) is 42.2 Å². The highest BCUT2D eigenvalue weighted by molar-refractivity contribution is 5.99. The molecule has 0 radical (unpaired) electrons. The molecule has 24 heavy (non-hydrogen) atoms. The number of aliphatic carboxylic acids is 1. The highest BCUT2D eigenvalue weighted by Crippen LogP contribution is 2.35. The Balaban J connectivity index is 2.25. The number of carbonyl (C=O) groups is 2. The van der Waals surface area contributed by atoms with Gasteiger partial charge in [0.25, 0.3) is 11.6 Å². The van der Waals surface area contributed by atoms with Crippen molar-refractivity contribution >= 4 is 17.6 Å². The van der Waals surface area contributed by atoms with E-state index in [4.69, 9.17) is 14.6 Å². The molecule has 0 heterocycles. The predicted molar refractivity (Wildman–Crippen MR) is 82.4 cm³/mol. The number of hydrogen-bond acceptors (Lipinski definition) is 6. The Bertz CT molecular complexity index is 674. The van der Waals surface area contributed by atoms with Crippen LogP contribution in [0.25, 0.3) is 0 Å². The minimum atomic E-state index is -0.899. The highest BCUT2D eigenvalue weighted by Gasteiger charge is 2.32. The normalized spacial score (nSPS) is 19.6. The zero-order chi connectivity index (χ0) is 17.9. The van der Waals surface area contributed by atoms with Crippen molar-refractivity contribution in [1.82, 2.24) is 5.32 Å². The molecule has 1 aliphatic rings. The molecule has 2 atom stereocenters. The van der Waals surface area contributed by atoms with Crippen LogP contribution in [0.15, 0.2) is 12.1 Å². The summed E-state index contributed by atoms with van der Waals surface area (Å²) in [5.74, 6) is -1.70. The van der Waals surface area contributed by atoms with Gasteiger partial charge in [0, 0.05) is 12.1 Å². The first-order valence-electron chi connectivity index (χ1n) is 7.31. The van der Waals surface area contributed by atoms with Gasteiger partial charge in [0.05, 0.1) is 31.1 Å². The molecule has 1 aliphatic carbocycles. The number of methoxy groups -OCH3 is 2. The summed E-state index contributed by atoms with van der Waals surface area (Å²) >= 11 is 0. The molecule has 1 fully saturated rings. The van der Waals surface area contributed by atoms with Gasteiger partial charge in [-0.3, -0.25) is 19.7 Å². The standard InChI is InChI=1S/C15H18N2O7/c1-23-12-6-10(11(17(21)22)7-13(12)24-2)14(18)16-9-4-3-8(5-9)15(19)20/h6-9H,3-5H2,1-2H3,(H,16,18)(H,19,20)/t8-,9+/m0/s1. The monoisotopic (exact) mass is 338 g/mol. The molecule has 0 unspecified atom stereocenters. The van der Waals surface area contributed by atoms with Gasteiger partial charge in [-0.05, 0) is 19.3 Å². The van der Waals surface area contributed by atoms with E-state index in [-0.39, 0.29) is 23.1 Å². The van der Waals surface area contributed by atoms with E-state index < -0.39 is 28.4 Å². The second-order valence-corrected chi connectivity index (χ2v) is 5.50. The van der Waals surface area contributed by atoms with Crippen LogP contribution >= 0.6 is 0 Å². The third-order valence-corrected chi connectivity index (χ3v) is 4.06. The largest absolute Gasteiger partial charge is 0.493 e. The van der Waals surface area contributed by atoms with E-state index in [1.807, 2.05) is 0 Å². The Kier molecular flexibility index (Phi) is 5.22. The van der Waals surface area contributed by atoms with Crippen molar-refractivity contribution in [3.05, 3.63) is 27.8 Å². The van der Waals surface area contributed by atoms with E-state index in [9.17, 15) is 19.7 Å². The number of ether oxygens (including phenoxy) is 2. The number of rotatable bonds is 6. The molecule has 9 heteroatoms. The van der Waals surface area contributed by atoms with E-state index in [1.165, 1.54) is 20.3 Å². The van der Waals surface area contributed by atoms with Crippen molar-refractivity contribution < 1.29 is 29.1 Å². The quantitative estimate of drug-likeness (QED) is 0.595. The Labute approximate surface area is 137 Å². The summed E-state index contributed by atoms with van der Waals surface area (Å²) in [4.78, 5) is 33.9. The average molecular weight is 338 g/mol. The fraction of sp³-hybridized carbons (Fsp3) is 0.467. The lowest BCUT2D eigenvalue weighted by Gasteiger charge is -2.14. The van der Waals surface area contributed by atoms with E-state index in [2.05, 4.69) is 5.32 Å². The number of benzene rings is 1. The van der Waals surface area contributed by atoms with Gasteiger partial charge in [-0.1, -0.05) is 0 Å². The number of hydrogen-bond donors (Lipinski definition) is 2. The van der Waals surface area contributed by atoms with Crippen molar-refractivity contribution in [2.75, 3.05) is 14.2 Å². The number of amides is 1. The second-order valence-electron chi connectivity index (χ2n) is 5.50. The topological polar surface area (TPSA) is 128 Å². The summed E-state index contributed by atoms with van der Waals surface area (Å²) in [7, 11) is 2.70. The lowest BCUT2D eigenvalue weighted by Crippen LogP contribution is -2.33. The molecule has 1 aromatic carbocycles. The van der Waals surface area contributed by atoms with Crippen molar-refractivity contribution in [3.63, 3.8) is 0 Å². The Morgan fingerprint density at radius 3 is 2.38 bits per heavy atom. The van der Waals surface area contributed by atoms with Crippen LogP contribution in [0, 0.1) is 16.0 Å². The maximum atomic E-state index is 12.4. The SMILES string of the molecule is COc1cc(C(=O)N[C@@H]2CC[C@H](C(=O)O)C2)c([N+](=O)[O-])cc1OC. The van der Waals surface area contributed by atoms with Crippen molar-refractivity contribution in [1.29, 1.82) is 0 Å². The molecule has 2 rings (SSSR count). The number of nitrogens with zero attached hydrogens (tertiary/aromatic N) is 1. The van der Waals surface area contributed by atoms with Crippen molar-refractivity contribution in [2.24, 2.45) is 5.92 Å². The lowest BCUT2D eigenvalue weighted by atomic mass is 10.1. The van der Waals surface area contributed by atoms with Crippen LogP contribution in [0.2, 0.25) is 0 Å². The number of carboxylic acids is 1. The molecular weight excluding hydrogens is 320 g/mol. The summed E-state index contributed by atoms with van der Waals surface area (Å²) in [5, 5.41) is 22.9. The first-order valence-corrected chi connectivity index (χ1v) is 7.31. The molecule has 9 nitrogen and oxygen atoms in total. The van der Waals surface area contributed by atoms with E-state index in [0.717, 1.165) is 6.07 Å². The molecule has 0 saturated heterocycles. The zero-order valence-electron chi connectivity index (χ0n) is 13.3. The number of carbonyl (C=O) groups excluding carboxylic acids is 1. The molecule has 1 amide bonds. The molecule has 130 valence electrons. The summed E-state index contributed by atoms with van der Waals surface area (Å²) in [5.41, 5.74) is -0.561. The van der Waals surface area contributed by atoms with E-state index in [0.29, 0.717) is 19.3 Å². The van der Waals surface area contributed by atoms with Crippen LogP contribution in [0.3, 0.4) is 0 Å². The Morgan fingerprint density at radius 1 is 1.25 bits per heavy atom. The predicted octanol–water partition coefficient (Wildman–Crippen LogP) is 1.60. The molecule has 0 bridgehead atoms. The van der Waals surface area contributed by atoms with Crippen molar-refractivity contribution in [2.45, 2.75) is 25.3 Å². The highest BCUT2D eigenvalue weighted by atomic mass is 16.6. The smallest absolute Gasteiger partial charge is 0.306 e. The van der Waals surface area contributed by atoms with Gasteiger partial charge in [-0.2, -0.15) is 0 Å². The fourth-order valence-electron chi connectivity index (χ4n) is 2.80. The van der Waals surface area contributed by atoms with Crippen LogP contribution in [0.1, 0.15) is 29.6 Å². The second kappa shape index (κ2) is 7.16. The fourth-order valence-corrected chi connectivity index (χ4v) is 2.80. The van der Waals surface area contributed by atoms with Gasteiger partial charge in [0.15, 0.2) is 11.5 Å². The lowest BCUT2D eigenvalue weighted by molar-refractivity contribution is -0.385. The summed E-state index contributed by atoms with van der Waals surface area (Å²) in [6, 6.07) is 2.05. The first kappa shape index (κ1) is 17.5. The summed E-state index contributed by atoms with van der Waals surface area (Å²) in [6.07, 6.45) is 1.29. The number of nitrogens with one attached hydrogen (secondary N) is 1. The van der Waals surface area contributed by atoms with Crippen molar-refractivity contribution in [3.8, 4) is 11.5 Å². The van der Waals surface area contributed by atoms with Gasteiger partial charge < -0.3 is 19.9 Å². The van der Waals surface area contributed by atoms with Crippen LogP contribution < -0.4 is 14.8 Å². The van der Waals surface area contributed by atoms with Gasteiger partial charge >= 0.3 is 5.97 Å². The van der Waals surface area contributed by atoms with Gasteiger partial charge in [0.2, 0.25) is 0 Å². The maximum absolute atomic E-state index is 12.4. The van der Waals surface area contributed by atoms with Gasteiger partial charge in [0.1, 0.15) is 5.56 Å². The van der Waals surface area contributed by atoms with E-state index >= 15 is 0 Å². The summed E-state index contributed by atoms with van der Waals surface area (Å²) < 4.78 is 10.1.